The van der Waals surface area contributed by atoms with Crippen molar-refractivity contribution in [3.05, 3.63) is 34.3 Å². The molecule has 2 rings (SSSR count). The van der Waals surface area contributed by atoms with E-state index in [0.29, 0.717) is 0 Å². The highest BCUT2D eigenvalue weighted by Gasteiger charge is 2.33. The van der Waals surface area contributed by atoms with Crippen LogP contribution in [0.2, 0.25) is 5.02 Å². The van der Waals surface area contributed by atoms with E-state index >= 15 is 0 Å². The topological polar surface area (TPSA) is 26.0 Å². The van der Waals surface area contributed by atoms with E-state index in [0.717, 1.165) is 17.9 Å². The van der Waals surface area contributed by atoms with Gasteiger partial charge in [0.2, 0.25) is 0 Å². The van der Waals surface area contributed by atoms with Gasteiger partial charge in [0.25, 0.3) is 0 Å². The molecule has 1 aliphatic rings. The van der Waals surface area contributed by atoms with Crippen molar-refractivity contribution in [2.24, 2.45) is 5.73 Å². The maximum Gasteiger partial charge on any atom is 0.0409 e. The highest BCUT2D eigenvalue weighted by Crippen LogP contribution is 2.37. The van der Waals surface area contributed by atoms with Crippen molar-refractivity contribution in [1.82, 2.24) is 0 Å². The normalized spacial score (nSPS) is 24.4. The number of aryl methyl sites for hydroxylation is 1. The van der Waals surface area contributed by atoms with Crippen molar-refractivity contribution in [2.75, 3.05) is 0 Å². The van der Waals surface area contributed by atoms with Crippen LogP contribution in [0.3, 0.4) is 0 Å². The number of nitrogens with two attached hydrogens (primary N) is 1. The van der Waals surface area contributed by atoms with E-state index < -0.39 is 0 Å². The Kier molecular flexibility index (Phi) is 2.32. The zero-order valence-corrected chi connectivity index (χ0v) is 9.43. The maximum atomic E-state index is 6.13. The fraction of sp³-hybridized carbons (Fsp3) is 0.500. The highest BCUT2D eigenvalue weighted by atomic mass is 35.5. The van der Waals surface area contributed by atoms with Crippen LogP contribution >= 0.6 is 11.6 Å². The number of fused-ring (bicyclic) bond motifs is 1. The molecule has 0 aliphatic heterocycles. The lowest BCUT2D eigenvalue weighted by Gasteiger charge is -2.38. The molecule has 2 N–H and O–H groups in total. The van der Waals surface area contributed by atoms with Gasteiger partial charge in [-0.1, -0.05) is 31.5 Å². The molecule has 2 heteroatoms. The van der Waals surface area contributed by atoms with E-state index in [1.54, 1.807) is 0 Å². The molecule has 1 aromatic rings. The molecular formula is C12H16ClN. The minimum absolute atomic E-state index is 0.0541. The van der Waals surface area contributed by atoms with Gasteiger partial charge in [0, 0.05) is 16.5 Å². The van der Waals surface area contributed by atoms with Gasteiger partial charge in [0.05, 0.1) is 0 Å². The average Bonchev–Trinajstić information content (AvgIpc) is 2.13. The predicted molar refractivity (Wildman–Crippen MR) is 60.8 cm³/mol. The third-order valence-electron chi connectivity index (χ3n) is 3.42. The summed E-state index contributed by atoms with van der Waals surface area (Å²) in [5.74, 6) is 0. The van der Waals surface area contributed by atoms with Crippen molar-refractivity contribution in [3.8, 4) is 0 Å². The van der Waals surface area contributed by atoms with Gasteiger partial charge < -0.3 is 5.73 Å². The SMILES string of the molecule is CC1(C)c2cc(Cl)ccc2CCC1N. The fourth-order valence-corrected chi connectivity index (χ4v) is 2.41. The summed E-state index contributed by atoms with van der Waals surface area (Å²) in [5, 5.41) is 0.811. The fourth-order valence-electron chi connectivity index (χ4n) is 2.24. The van der Waals surface area contributed by atoms with E-state index in [4.69, 9.17) is 17.3 Å². The second-order valence-corrected chi connectivity index (χ2v) is 5.10. The first kappa shape index (κ1) is 10.0. The van der Waals surface area contributed by atoms with Crippen LogP contribution in [0.4, 0.5) is 0 Å². The van der Waals surface area contributed by atoms with Gasteiger partial charge in [0.1, 0.15) is 0 Å². The molecule has 0 bridgehead atoms. The summed E-state index contributed by atoms with van der Waals surface area (Å²) in [6, 6.07) is 6.41. The molecule has 0 spiro atoms. The highest BCUT2D eigenvalue weighted by molar-refractivity contribution is 6.30. The molecule has 1 aromatic carbocycles. The summed E-state index contributed by atoms with van der Waals surface area (Å²) in [5.41, 5.74) is 8.92. The van der Waals surface area contributed by atoms with E-state index in [9.17, 15) is 0 Å². The Bertz CT molecular complexity index is 357. The summed E-state index contributed by atoms with van der Waals surface area (Å²) in [6.45, 7) is 4.40. The quantitative estimate of drug-likeness (QED) is 0.699. The number of benzene rings is 1. The lowest BCUT2D eigenvalue weighted by molar-refractivity contribution is 0.364. The monoisotopic (exact) mass is 209 g/mol. The predicted octanol–water partition coefficient (Wildman–Crippen LogP) is 2.89. The Morgan fingerprint density at radius 3 is 2.86 bits per heavy atom. The molecule has 0 amide bonds. The van der Waals surface area contributed by atoms with E-state index in [1.165, 1.54) is 11.1 Å². The maximum absolute atomic E-state index is 6.13. The number of rotatable bonds is 0. The molecular weight excluding hydrogens is 194 g/mol. The smallest absolute Gasteiger partial charge is 0.0409 e. The molecule has 0 saturated heterocycles. The Hall–Kier alpha value is -0.530. The molecule has 1 aliphatic carbocycles. The van der Waals surface area contributed by atoms with Crippen LogP contribution in [0.25, 0.3) is 0 Å². The standard InChI is InChI=1S/C12H16ClN/c1-12(2)10-7-9(13)5-3-8(10)4-6-11(12)14/h3,5,7,11H,4,6,14H2,1-2H3. The van der Waals surface area contributed by atoms with Crippen LogP contribution in [0.15, 0.2) is 18.2 Å². The van der Waals surface area contributed by atoms with E-state index in [2.05, 4.69) is 26.0 Å². The van der Waals surface area contributed by atoms with Crippen LogP contribution in [0.1, 0.15) is 31.4 Å². The van der Waals surface area contributed by atoms with Gasteiger partial charge in [-0.25, -0.2) is 0 Å². The summed E-state index contributed by atoms with van der Waals surface area (Å²) in [4.78, 5) is 0. The molecule has 0 saturated carbocycles. The molecule has 1 atom stereocenters. The first-order valence-electron chi connectivity index (χ1n) is 5.06. The van der Waals surface area contributed by atoms with Gasteiger partial charge in [-0.05, 0) is 36.1 Å². The van der Waals surface area contributed by atoms with Crippen molar-refractivity contribution in [2.45, 2.75) is 38.1 Å². The molecule has 0 heterocycles. The summed E-state index contributed by atoms with van der Waals surface area (Å²) < 4.78 is 0. The van der Waals surface area contributed by atoms with Crippen LogP contribution in [-0.2, 0) is 11.8 Å². The molecule has 1 unspecified atom stereocenters. The Balaban J connectivity index is 2.55. The zero-order chi connectivity index (χ0) is 10.3. The van der Waals surface area contributed by atoms with Crippen LogP contribution in [0.5, 0.6) is 0 Å². The van der Waals surface area contributed by atoms with Gasteiger partial charge in [0.15, 0.2) is 0 Å². The second kappa shape index (κ2) is 3.25. The Morgan fingerprint density at radius 2 is 2.14 bits per heavy atom. The van der Waals surface area contributed by atoms with Crippen LogP contribution < -0.4 is 5.73 Å². The second-order valence-electron chi connectivity index (χ2n) is 4.67. The van der Waals surface area contributed by atoms with E-state index in [-0.39, 0.29) is 11.5 Å². The minimum Gasteiger partial charge on any atom is -0.327 e. The van der Waals surface area contributed by atoms with Crippen molar-refractivity contribution < 1.29 is 0 Å². The largest absolute Gasteiger partial charge is 0.327 e. The Morgan fingerprint density at radius 1 is 1.43 bits per heavy atom. The first-order chi connectivity index (χ1) is 6.51. The van der Waals surface area contributed by atoms with Gasteiger partial charge in [-0.15, -0.1) is 0 Å². The van der Waals surface area contributed by atoms with Gasteiger partial charge in [-0.2, -0.15) is 0 Å². The van der Waals surface area contributed by atoms with Crippen molar-refractivity contribution in [1.29, 1.82) is 0 Å². The summed E-state index contributed by atoms with van der Waals surface area (Å²) >= 11 is 6.01. The van der Waals surface area contributed by atoms with Crippen molar-refractivity contribution >= 4 is 11.6 Å². The first-order valence-corrected chi connectivity index (χ1v) is 5.44. The molecule has 1 nitrogen and oxygen atoms in total. The molecule has 76 valence electrons. The third-order valence-corrected chi connectivity index (χ3v) is 3.65. The van der Waals surface area contributed by atoms with Gasteiger partial charge in [-0.3, -0.25) is 0 Å². The minimum atomic E-state index is 0.0541. The van der Waals surface area contributed by atoms with Crippen LogP contribution in [0, 0.1) is 0 Å². The third kappa shape index (κ3) is 1.45. The molecule has 14 heavy (non-hydrogen) atoms. The van der Waals surface area contributed by atoms with Gasteiger partial charge >= 0.3 is 0 Å². The van der Waals surface area contributed by atoms with E-state index in [1.807, 2.05) is 6.07 Å². The number of hydrogen-bond donors (Lipinski definition) is 1. The number of hydrogen-bond acceptors (Lipinski definition) is 1. The number of halogens is 1. The lowest BCUT2D eigenvalue weighted by atomic mass is 9.70. The Labute approximate surface area is 90.3 Å². The summed E-state index contributed by atoms with van der Waals surface area (Å²) in [7, 11) is 0. The lowest BCUT2D eigenvalue weighted by Crippen LogP contribution is -2.44. The molecule has 0 fully saturated rings. The summed E-state index contributed by atoms with van der Waals surface area (Å²) in [6.07, 6.45) is 2.15. The zero-order valence-electron chi connectivity index (χ0n) is 8.68. The van der Waals surface area contributed by atoms with Crippen LogP contribution in [-0.4, -0.2) is 6.04 Å². The molecule has 0 radical (unpaired) electrons. The molecule has 0 aromatic heterocycles. The average molecular weight is 210 g/mol. The van der Waals surface area contributed by atoms with Crippen molar-refractivity contribution in [3.63, 3.8) is 0 Å².